The number of piperidine rings is 1. The molecule has 0 aliphatic carbocycles. The molecule has 0 N–H and O–H groups in total. The molecular formula is C24H21N3O2. The topological polar surface area (TPSA) is 59.2 Å². The molecule has 0 atom stereocenters. The molecule has 2 aromatic heterocycles. The highest BCUT2D eigenvalue weighted by Gasteiger charge is 2.26. The van der Waals surface area contributed by atoms with Gasteiger partial charge in [-0.2, -0.15) is 0 Å². The first-order valence-electron chi connectivity index (χ1n) is 9.94. The fourth-order valence-electron chi connectivity index (χ4n) is 3.85. The molecule has 0 spiro atoms. The summed E-state index contributed by atoms with van der Waals surface area (Å²) in [5, 5.41) is 1.09. The molecule has 0 saturated carbocycles. The highest BCUT2D eigenvalue weighted by Crippen LogP contribution is 2.30. The number of rotatable bonds is 3. The van der Waals surface area contributed by atoms with Gasteiger partial charge in [-0.1, -0.05) is 36.4 Å². The van der Waals surface area contributed by atoms with Crippen molar-refractivity contribution in [2.45, 2.75) is 18.8 Å². The summed E-state index contributed by atoms with van der Waals surface area (Å²) in [5.74, 6) is 1.07. The van der Waals surface area contributed by atoms with Gasteiger partial charge in [-0.15, -0.1) is 0 Å². The predicted octanol–water partition coefficient (Wildman–Crippen LogP) is 4.80. The maximum Gasteiger partial charge on any atom is 0.246 e. The number of hydrogen-bond donors (Lipinski definition) is 0. The van der Waals surface area contributed by atoms with Gasteiger partial charge < -0.3 is 9.32 Å². The summed E-state index contributed by atoms with van der Waals surface area (Å²) in [7, 11) is 0. The van der Waals surface area contributed by atoms with Crippen molar-refractivity contribution >= 4 is 34.0 Å². The number of nitrogens with zero attached hydrogens (tertiary/aromatic N) is 3. The highest BCUT2D eigenvalue weighted by molar-refractivity contribution is 5.92. The van der Waals surface area contributed by atoms with Gasteiger partial charge in [0.05, 0.1) is 11.2 Å². The van der Waals surface area contributed by atoms with E-state index in [4.69, 9.17) is 4.42 Å². The monoisotopic (exact) mass is 383 g/mol. The summed E-state index contributed by atoms with van der Waals surface area (Å²) < 4.78 is 5.91. The van der Waals surface area contributed by atoms with Crippen LogP contribution in [0.15, 0.2) is 71.2 Å². The van der Waals surface area contributed by atoms with Crippen LogP contribution >= 0.6 is 0 Å². The number of carbonyl (C=O) groups is 1. The van der Waals surface area contributed by atoms with Crippen LogP contribution in [-0.4, -0.2) is 33.9 Å². The minimum atomic E-state index is 0.0240. The number of pyridine rings is 1. The summed E-state index contributed by atoms with van der Waals surface area (Å²) >= 11 is 0. The Labute approximate surface area is 168 Å². The van der Waals surface area contributed by atoms with Gasteiger partial charge in [0.1, 0.15) is 5.52 Å². The Balaban J connectivity index is 1.23. The number of para-hydroxylation sites is 3. The molecule has 5 nitrogen and oxygen atoms in total. The van der Waals surface area contributed by atoms with E-state index in [1.807, 2.05) is 65.6 Å². The average Bonchev–Trinajstić information content (AvgIpc) is 3.22. The predicted molar refractivity (Wildman–Crippen MR) is 113 cm³/mol. The maximum atomic E-state index is 12.6. The van der Waals surface area contributed by atoms with Crippen molar-refractivity contribution in [1.82, 2.24) is 14.9 Å². The van der Waals surface area contributed by atoms with Crippen molar-refractivity contribution < 1.29 is 9.21 Å². The van der Waals surface area contributed by atoms with Gasteiger partial charge in [-0.25, -0.2) is 9.97 Å². The Kier molecular flexibility index (Phi) is 4.56. The Morgan fingerprint density at radius 1 is 0.931 bits per heavy atom. The third kappa shape index (κ3) is 3.63. The molecule has 1 amide bonds. The van der Waals surface area contributed by atoms with Crippen LogP contribution in [0.2, 0.25) is 0 Å². The van der Waals surface area contributed by atoms with Crippen LogP contribution in [0.4, 0.5) is 0 Å². The lowest BCUT2D eigenvalue weighted by atomic mass is 9.96. The number of aromatic nitrogens is 2. The molecule has 1 aliphatic heterocycles. The molecule has 1 aliphatic rings. The summed E-state index contributed by atoms with van der Waals surface area (Å²) in [6.07, 6.45) is 5.14. The summed E-state index contributed by atoms with van der Waals surface area (Å²) in [6.45, 7) is 1.41. The Bertz CT molecular complexity index is 1170. The van der Waals surface area contributed by atoms with E-state index >= 15 is 0 Å². The van der Waals surface area contributed by atoms with Crippen molar-refractivity contribution in [3.8, 4) is 0 Å². The number of benzene rings is 2. The third-order valence-electron chi connectivity index (χ3n) is 5.48. The number of hydrogen-bond acceptors (Lipinski definition) is 4. The van der Waals surface area contributed by atoms with Crippen molar-refractivity contribution in [2.75, 3.05) is 13.1 Å². The van der Waals surface area contributed by atoms with E-state index in [1.54, 1.807) is 12.2 Å². The Morgan fingerprint density at radius 3 is 2.52 bits per heavy atom. The maximum absolute atomic E-state index is 12.6. The molecule has 4 aromatic rings. The standard InChI is InChI=1S/C24H21N3O2/c28-23(12-11-19-10-9-17-5-1-2-6-20(17)25-19)27-15-13-18(14-16-27)24-26-21-7-3-4-8-22(21)29-24/h1-12,18H,13-16H2. The third-order valence-corrected chi connectivity index (χ3v) is 5.48. The second-order valence-electron chi connectivity index (χ2n) is 7.38. The van der Waals surface area contributed by atoms with Gasteiger partial charge in [0.2, 0.25) is 5.91 Å². The molecule has 29 heavy (non-hydrogen) atoms. The van der Waals surface area contributed by atoms with Gasteiger partial charge in [0, 0.05) is 30.5 Å². The van der Waals surface area contributed by atoms with Crippen LogP contribution in [0, 0.1) is 0 Å². The van der Waals surface area contributed by atoms with Crippen molar-refractivity contribution in [1.29, 1.82) is 0 Å². The lowest BCUT2D eigenvalue weighted by molar-refractivity contribution is -0.127. The lowest BCUT2D eigenvalue weighted by Gasteiger charge is -2.29. The van der Waals surface area contributed by atoms with Gasteiger partial charge in [0.15, 0.2) is 11.5 Å². The second-order valence-corrected chi connectivity index (χ2v) is 7.38. The first-order valence-corrected chi connectivity index (χ1v) is 9.94. The number of fused-ring (bicyclic) bond motifs is 2. The van der Waals surface area contributed by atoms with Crippen LogP contribution in [0.5, 0.6) is 0 Å². The molecule has 0 bridgehead atoms. The van der Waals surface area contributed by atoms with E-state index in [0.29, 0.717) is 13.1 Å². The zero-order chi connectivity index (χ0) is 19.6. The van der Waals surface area contributed by atoms with E-state index in [1.165, 1.54) is 0 Å². The largest absolute Gasteiger partial charge is 0.440 e. The van der Waals surface area contributed by atoms with Crippen molar-refractivity contribution in [3.63, 3.8) is 0 Å². The van der Waals surface area contributed by atoms with Gasteiger partial charge in [-0.05, 0) is 43.2 Å². The van der Waals surface area contributed by atoms with Gasteiger partial charge in [0.25, 0.3) is 0 Å². The summed E-state index contributed by atoms with van der Waals surface area (Å²) in [5.41, 5.74) is 3.44. The first kappa shape index (κ1) is 17.6. The van der Waals surface area contributed by atoms with Gasteiger partial charge in [-0.3, -0.25) is 4.79 Å². The molecule has 3 heterocycles. The normalized spacial score (nSPS) is 15.5. The molecule has 144 valence electrons. The van der Waals surface area contributed by atoms with E-state index in [9.17, 15) is 4.79 Å². The number of amides is 1. The average molecular weight is 383 g/mol. The molecular weight excluding hydrogens is 362 g/mol. The van der Waals surface area contributed by atoms with Crippen LogP contribution in [0.25, 0.3) is 28.1 Å². The van der Waals surface area contributed by atoms with E-state index in [2.05, 4.69) is 9.97 Å². The number of oxazole rings is 1. The second kappa shape index (κ2) is 7.51. The number of carbonyl (C=O) groups excluding carboxylic acids is 1. The molecule has 1 fully saturated rings. The lowest BCUT2D eigenvalue weighted by Crippen LogP contribution is -2.36. The molecule has 5 heteroatoms. The fourth-order valence-corrected chi connectivity index (χ4v) is 3.85. The van der Waals surface area contributed by atoms with Gasteiger partial charge >= 0.3 is 0 Å². The zero-order valence-corrected chi connectivity index (χ0v) is 16.0. The molecule has 5 rings (SSSR count). The van der Waals surface area contributed by atoms with Crippen LogP contribution in [0.3, 0.4) is 0 Å². The molecule has 0 unspecified atom stereocenters. The summed E-state index contributed by atoms with van der Waals surface area (Å²) in [4.78, 5) is 23.7. The fraction of sp³-hybridized carbons (Fsp3) is 0.208. The van der Waals surface area contributed by atoms with E-state index in [-0.39, 0.29) is 11.8 Å². The zero-order valence-electron chi connectivity index (χ0n) is 16.0. The SMILES string of the molecule is O=C(C=Cc1ccc2ccccc2n1)N1CCC(c2nc3ccccc3o2)CC1. The smallest absolute Gasteiger partial charge is 0.246 e. The van der Waals surface area contributed by atoms with Crippen LogP contribution in [0.1, 0.15) is 30.3 Å². The minimum Gasteiger partial charge on any atom is -0.440 e. The highest BCUT2D eigenvalue weighted by atomic mass is 16.3. The van der Waals surface area contributed by atoms with E-state index in [0.717, 1.165) is 46.4 Å². The minimum absolute atomic E-state index is 0.0240. The number of likely N-dealkylation sites (tertiary alicyclic amines) is 1. The van der Waals surface area contributed by atoms with Crippen LogP contribution < -0.4 is 0 Å². The van der Waals surface area contributed by atoms with Crippen molar-refractivity contribution in [3.05, 3.63) is 78.3 Å². The molecule has 1 saturated heterocycles. The Hall–Kier alpha value is -3.47. The molecule has 2 aromatic carbocycles. The first-order chi connectivity index (χ1) is 14.3. The van der Waals surface area contributed by atoms with Crippen molar-refractivity contribution in [2.24, 2.45) is 0 Å². The molecule has 0 radical (unpaired) electrons. The van der Waals surface area contributed by atoms with Crippen LogP contribution in [-0.2, 0) is 4.79 Å². The summed E-state index contributed by atoms with van der Waals surface area (Å²) in [6, 6.07) is 19.8. The quantitative estimate of drug-likeness (QED) is 0.477. The Morgan fingerprint density at radius 2 is 1.69 bits per heavy atom. The van der Waals surface area contributed by atoms with E-state index < -0.39 is 0 Å².